The predicted octanol–water partition coefficient (Wildman–Crippen LogP) is 7.07. The van der Waals surface area contributed by atoms with Crippen LogP contribution in [0.15, 0.2) is 66.7 Å². The van der Waals surface area contributed by atoms with E-state index in [0.717, 1.165) is 57.4 Å². The first-order chi connectivity index (χ1) is 18.2. The van der Waals surface area contributed by atoms with E-state index in [0.29, 0.717) is 24.3 Å². The third kappa shape index (κ3) is 5.81. The van der Waals surface area contributed by atoms with Crippen LogP contribution in [0.2, 0.25) is 0 Å². The summed E-state index contributed by atoms with van der Waals surface area (Å²) in [7, 11) is 1.65. The van der Waals surface area contributed by atoms with E-state index >= 15 is 0 Å². The molecule has 0 spiro atoms. The fraction of sp³-hybridized carbons (Fsp3) is 0.323. The topological polar surface area (TPSA) is 48.0 Å². The van der Waals surface area contributed by atoms with E-state index in [1.165, 1.54) is 19.3 Å². The molecule has 0 bridgehead atoms. The number of benzene rings is 3. The second-order valence-corrected chi connectivity index (χ2v) is 10.3. The van der Waals surface area contributed by atoms with Crippen molar-refractivity contribution in [2.75, 3.05) is 40.0 Å². The summed E-state index contributed by atoms with van der Waals surface area (Å²) in [5, 5.41) is 0.936. The summed E-state index contributed by atoms with van der Waals surface area (Å²) in [4.78, 5) is 17.3. The maximum absolute atomic E-state index is 13.9. The number of likely N-dealkylation sites (tertiary alicyclic amines) is 1. The van der Waals surface area contributed by atoms with Crippen LogP contribution in [0.3, 0.4) is 0 Å². The molecule has 6 heteroatoms. The molecular formula is C31H33NO4S. The largest absolute Gasteiger partial charge is 0.497 e. The van der Waals surface area contributed by atoms with Gasteiger partial charge in [0.05, 0.1) is 13.7 Å². The number of carbonyl (C=O) groups excluding carboxylic acids is 1. The van der Waals surface area contributed by atoms with Crippen molar-refractivity contribution >= 4 is 27.2 Å². The summed E-state index contributed by atoms with van der Waals surface area (Å²) in [6, 6.07) is 21.4. The van der Waals surface area contributed by atoms with Crippen molar-refractivity contribution in [1.29, 1.82) is 0 Å². The number of hydrogen-bond donors (Lipinski definition) is 0. The standard InChI is InChI=1S/C31H33NO4S/c1-3-35-26-15-16-27-28(21-26)37-31(23-9-11-24(34-2)12-10-23)29(27)30(33)22-7-13-25(14-8-22)36-20-19-32-17-5-4-6-18-32/h7-16,21H,3-6,17-20H2,1-2H3. The number of fused-ring (bicyclic) bond motifs is 1. The molecule has 0 atom stereocenters. The van der Waals surface area contributed by atoms with E-state index in [1.54, 1.807) is 18.4 Å². The lowest BCUT2D eigenvalue weighted by molar-refractivity contribution is 0.104. The van der Waals surface area contributed by atoms with E-state index < -0.39 is 0 Å². The van der Waals surface area contributed by atoms with Gasteiger partial charge in [-0.05, 0) is 105 Å². The second-order valence-electron chi connectivity index (χ2n) is 9.23. The molecule has 5 nitrogen and oxygen atoms in total. The summed E-state index contributed by atoms with van der Waals surface area (Å²) < 4.78 is 18.1. The molecule has 2 heterocycles. The van der Waals surface area contributed by atoms with Crippen molar-refractivity contribution < 1.29 is 19.0 Å². The van der Waals surface area contributed by atoms with Crippen molar-refractivity contribution in [3.8, 4) is 27.7 Å². The van der Waals surface area contributed by atoms with Gasteiger partial charge in [0.2, 0.25) is 0 Å². The van der Waals surface area contributed by atoms with Crippen molar-refractivity contribution in [2.45, 2.75) is 26.2 Å². The fourth-order valence-electron chi connectivity index (χ4n) is 4.83. The SMILES string of the molecule is CCOc1ccc2c(C(=O)c3ccc(OCCN4CCCCC4)cc3)c(-c3ccc(OC)cc3)sc2c1. The van der Waals surface area contributed by atoms with Gasteiger partial charge in [0.1, 0.15) is 23.9 Å². The van der Waals surface area contributed by atoms with Gasteiger partial charge in [0.15, 0.2) is 5.78 Å². The smallest absolute Gasteiger partial charge is 0.195 e. The Balaban J connectivity index is 1.41. The summed E-state index contributed by atoms with van der Waals surface area (Å²) in [6.07, 6.45) is 3.89. The Morgan fingerprint density at radius 3 is 2.27 bits per heavy atom. The summed E-state index contributed by atoms with van der Waals surface area (Å²) >= 11 is 1.61. The molecule has 0 aliphatic carbocycles. The predicted molar refractivity (Wildman–Crippen MR) is 151 cm³/mol. The number of hydrogen-bond acceptors (Lipinski definition) is 6. The number of nitrogens with zero attached hydrogens (tertiary/aromatic N) is 1. The van der Waals surface area contributed by atoms with Crippen LogP contribution in [-0.2, 0) is 0 Å². The van der Waals surface area contributed by atoms with Gasteiger partial charge in [0, 0.05) is 32.6 Å². The van der Waals surface area contributed by atoms with Gasteiger partial charge in [-0.2, -0.15) is 0 Å². The van der Waals surface area contributed by atoms with Gasteiger partial charge in [-0.25, -0.2) is 0 Å². The number of piperidine rings is 1. The third-order valence-corrected chi connectivity index (χ3v) is 7.99. The van der Waals surface area contributed by atoms with Gasteiger partial charge < -0.3 is 14.2 Å². The fourth-order valence-corrected chi connectivity index (χ4v) is 6.06. The molecule has 37 heavy (non-hydrogen) atoms. The molecule has 0 radical (unpaired) electrons. The number of rotatable bonds is 10. The normalized spacial score (nSPS) is 14.0. The molecule has 1 aromatic heterocycles. The van der Waals surface area contributed by atoms with Crippen LogP contribution in [0.5, 0.6) is 17.2 Å². The lowest BCUT2D eigenvalue weighted by Gasteiger charge is -2.26. The molecule has 4 aromatic rings. The van der Waals surface area contributed by atoms with Crippen LogP contribution in [0.4, 0.5) is 0 Å². The summed E-state index contributed by atoms with van der Waals surface area (Å²) in [6.45, 7) is 6.49. The summed E-state index contributed by atoms with van der Waals surface area (Å²) in [5.41, 5.74) is 2.35. The lowest BCUT2D eigenvalue weighted by atomic mass is 9.97. The molecule has 1 aliphatic rings. The van der Waals surface area contributed by atoms with Crippen LogP contribution in [0.25, 0.3) is 20.5 Å². The highest BCUT2D eigenvalue weighted by Gasteiger charge is 2.22. The second kappa shape index (κ2) is 11.8. The Labute approximate surface area is 222 Å². The lowest BCUT2D eigenvalue weighted by Crippen LogP contribution is -2.33. The molecule has 0 saturated carbocycles. The van der Waals surface area contributed by atoms with E-state index in [4.69, 9.17) is 14.2 Å². The van der Waals surface area contributed by atoms with E-state index in [1.807, 2.05) is 73.7 Å². The maximum Gasteiger partial charge on any atom is 0.195 e. The molecule has 1 fully saturated rings. The average Bonchev–Trinajstić information content (AvgIpc) is 3.32. The van der Waals surface area contributed by atoms with Crippen LogP contribution in [0, 0.1) is 0 Å². The molecule has 1 aliphatic heterocycles. The molecule has 0 N–H and O–H groups in total. The Morgan fingerprint density at radius 1 is 0.865 bits per heavy atom. The van der Waals surface area contributed by atoms with E-state index in [-0.39, 0.29) is 5.78 Å². The van der Waals surface area contributed by atoms with E-state index in [9.17, 15) is 4.79 Å². The monoisotopic (exact) mass is 515 g/mol. The molecule has 0 amide bonds. The zero-order chi connectivity index (χ0) is 25.6. The first-order valence-corrected chi connectivity index (χ1v) is 13.8. The Bertz CT molecular complexity index is 1340. The van der Waals surface area contributed by atoms with Gasteiger partial charge in [-0.1, -0.05) is 6.42 Å². The van der Waals surface area contributed by atoms with Gasteiger partial charge in [0.25, 0.3) is 0 Å². The minimum atomic E-state index is 0.00101. The van der Waals surface area contributed by atoms with Crippen LogP contribution >= 0.6 is 11.3 Å². The Kier molecular flexibility index (Phi) is 8.07. The number of ketones is 1. The van der Waals surface area contributed by atoms with Crippen LogP contribution < -0.4 is 14.2 Å². The average molecular weight is 516 g/mol. The molecular weight excluding hydrogens is 482 g/mol. The van der Waals surface area contributed by atoms with Crippen molar-refractivity contribution in [3.63, 3.8) is 0 Å². The molecule has 1 saturated heterocycles. The van der Waals surface area contributed by atoms with Crippen LogP contribution in [-0.4, -0.2) is 50.6 Å². The van der Waals surface area contributed by atoms with Gasteiger partial charge >= 0.3 is 0 Å². The zero-order valence-corrected chi connectivity index (χ0v) is 22.3. The highest BCUT2D eigenvalue weighted by atomic mass is 32.1. The summed E-state index contributed by atoms with van der Waals surface area (Å²) in [5.74, 6) is 2.39. The van der Waals surface area contributed by atoms with Crippen LogP contribution in [0.1, 0.15) is 42.1 Å². The molecule has 5 rings (SSSR count). The quantitative estimate of drug-likeness (QED) is 0.211. The van der Waals surface area contributed by atoms with Crippen molar-refractivity contribution in [2.24, 2.45) is 0 Å². The first-order valence-electron chi connectivity index (χ1n) is 13.0. The number of thiophene rings is 1. The number of carbonyl (C=O) groups is 1. The zero-order valence-electron chi connectivity index (χ0n) is 21.5. The first kappa shape index (κ1) is 25.3. The van der Waals surface area contributed by atoms with Crippen molar-refractivity contribution in [3.05, 3.63) is 77.9 Å². The van der Waals surface area contributed by atoms with Crippen molar-refractivity contribution in [1.82, 2.24) is 4.90 Å². The van der Waals surface area contributed by atoms with Gasteiger partial charge in [-0.15, -0.1) is 11.3 Å². The maximum atomic E-state index is 13.9. The Morgan fingerprint density at radius 2 is 1.57 bits per heavy atom. The highest BCUT2D eigenvalue weighted by Crippen LogP contribution is 2.41. The third-order valence-electron chi connectivity index (χ3n) is 6.79. The van der Waals surface area contributed by atoms with Gasteiger partial charge in [-0.3, -0.25) is 9.69 Å². The minimum Gasteiger partial charge on any atom is -0.497 e. The molecule has 0 unspecified atom stereocenters. The number of ether oxygens (including phenoxy) is 3. The number of methoxy groups -OCH3 is 1. The highest BCUT2D eigenvalue weighted by molar-refractivity contribution is 7.22. The molecule has 192 valence electrons. The van der Waals surface area contributed by atoms with E-state index in [2.05, 4.69) is 4.90 Å². The minimum absolute atomic E-state index is 0.00101. The Hall–Kier alpha value is -3.35. The molecule has 3 aromatic carbocycles.